The van der Waals surface area contributed by atoms with E-state index in [0.717, 1.165) is 16.7 Å². The Labute approximate surface area is 109 Å². The number of hydrogen-bond donors (Lipinski definition) is 0. The van der Waals surface area contributed by atoms with Crippen molar-refractivity contribution in [3.05, 3.63) is 39.7 Å². The van der Waals surface area contributed by atoms with Gasteiger partial charge in [-0.3, -0.25) is 0 Å². The molecule has 0 spiro atoms. The zero-order valence-corrected chi connectivity index (χ0v) is 11.3. The number of fused-ring (bicyclic) bond motifs is 1. The highest BCUT2D eigenvalue weighted by molar-refractivity contribution is 8.00. The molecule has 2 aromatic rings. The largest absolute Gasteiger partial charge is 0.423 e. The predicted octanol–water partition coefficient (Wildman–Crippen LogP) is 4.34. The summed E-state index contributed by atoms with van der Waals surface area (Å²) in [7, 11) is 0. The Hall–Kier alpha value is -0.930. The van der Waals surface area contributed by atoms with Crippen molar-refractivity contribution < 1.29 is 4.42 Å². The Morgan fingerprint density at radius 2 is 2.18 bits per heavy atom. The van der Waals surface area contributed by atoms with Gasteiger partial charge in [-0.2, -0.15) is 0 Å². The van der Waals surface area contributed by atoms with Crippen molar-refractivity contribution in [1.82, 2.24) is 0 Å². The lowest BCUT2D eigenvalue weighted by molar-refractivity contribution is 0.557. The first-order valence-electron chi connectivity index (χ1n) is 5.50. The summed E-state index contributed by atoms with van der Waals surface area (Å²) in [6, 6.07) is 6.84. The van der Waals surface area contributed by atoms with Crippen LogP contribution in [0.25, 0.3) is 11.0 Å². The highest BCUT2D eigenvalue weighted by Gasteiger charge is 2.09. The number of thioether (sulfide) groups is 1. The fourth-order valence-corrected chi connectivity index (χ4v) is 2.73. The zero-order chi connectivity index (χ0) is 12.4. The maximum Gasteiger partial charge on any atom is 0.337 e. The summed E-state index contributed by atoms with van der Waals surface area (Å²) < 4.78 is 5.14. The molecule has 0 aliphatic heterocycles. The molecule has 2 nitrogen and oxygen atoms in total. The summed E-state index contributed by atoms with van der Waals surface area (Å²) >= 11 is 7.65. The first-order valence-corrected chi connectivity index (χ1v) is 6.76. The minimum Gasteiger partial charge on any atom is -0.423 e. The van der Waals surface area contributed by atoms with Gasteiger partial charge in [-0.25, -0.2) is 4.79 Å². The lowest BCUT2D eigenvalue weighted by Gasteiger charge is -2.09. The van der Waals surface area contributed by atoms with Crippen molar-refractivity contribution in [2.75, 3.05) is 0 Å². The van der Waals surface area contributed by atoms with Crippen LogP contribution in [0.1, 0.15) is 20.3 Å². The fraction of sp³-hybridized carbons (Fsp3) is 0.308. The first kappa shape index (κ1) is 12.5. The van der Waals surface area contributed by atoms with Crippen molar-refractivity contribution in [3.8, 4) is 0 Å². The maximum atomic E-state index is 11.4. The summed E-state index contributed by atoms with van der Waals surface area (Å²) in [5.74, 6) is 0. The van der Waals surface area contributed by atoms with Crippen LogP contribution in [-0.4, -0.2) is 5.25 Å². The van der Waals surface area contributed by atoms with E-state index in [2.05, 4.69) is 13.8 Å². The van der Waals surface area contributed by atoms with Gasteiger partial charge in [0, 0.05) is 26.6 Å². The van der Waals surface area contributed by atoms with Gasteiger partial charge >= 0.3 is 5.63 Å². The van der Waals surface area contributed by atoms with Crippen LogP contribution in [0.2, 0.25) is 5.02 Å². The standard InChI is InChI=1S/C13H13ClO2S/c1-3-8(2)17-12-7-13(15)16-11-5-4-9(14)6-10(11)12/h4-8H,3H2,1-2H3. The number of halogens is 1. The van der Waals surface area contributed by atoms with E-state index in [1.54, 1.807) is 23.9 Å². The van der Waals surface area contributed by atoms with Gasteiger partial charge < -0.3 is 4.42 Å². The van der Waals surface area contributed by atoms with Crippen LogP contribution in [0.5, 0.6) is 0 Å². The molecule has 1 atom stereocenters. The number of rotatable bonds is 3. The molecule has 0 saturated heterocycles. The van der Waals surface area contributed by atoms with E-state index in [0.29, 0.717) is 15.9 Å². The quantitative estimate of drug-likeness (QED) is 0.613. The molecular formula is C13H13ClO2S. The number of benzene rings is 1. The summed E-state index contributed by atoms with van der Waals surface area (Å²) in [6.45, 7) is 4.26. The van der Waals surface area contributed by atoms with E-state index in [-0.39, 0.29) is 5.63 Å². The summed E-state index contributed by atoms with van der Waals surface area (Å²) in [4.78, 5) is 12.4. The third-order valence-electron chi connectivity index (χ3n) is 2.57. The molecule has 2 rings (SSSR count). The minimum absolute atomic E-state index is 0.314. The van der Waals surface area contributed by atoms with E-state index in [4.69, 9.17) is 16.0 Å². The van der Waals surface area contributed by atoms with Crippen LogP contribution in [0, 0.1) is 0 Å². The molecule has 0 saturated carbocycles. The molecule has 0 amide bonds. The van der Waals surface area contributed by atoms with E-state index in [1.807, 2.05) is 6.07 Å². The van der Waals surface area contributed by atoms with Crippen LogP contribution in [0.3, 0.4) is 0 Å². The molecular weight excluding hydrogens is 256 g/mol. The molecule has 0 radical (unpaired) electrons. The minimum atomic E-state index is -0.314. The Balaban J connectivity index is 2.59. The second-order valence-electron chi connectivity index (χ2n) is 3.91. The Bertz CT molecular complexity index is 591. The molecule has 1 heterocycles. The second kappa shape index (κ2) is 5.15. The van der Waals surface area contributed by atoms with E-state index in [9.17, 15) is 4.79 Å². The first-order chi connectivity index (χ1) is 8.10. The molecule has 1 aromatic heterocycles. The van der Waals surface area contributed by atoms with Crippen LogP contribution < -0.4 is 5.63 Å². The Morgan fingerprint density at radius 1 is 1.41 bits per heavy atom. The predicted molar refractivity (Wildman–Crippen MR) is 73.1 cm³/mol. The van der Waals surface area contributed by atoms with Gasteiger partial charge in [-0.1, -0.05) is 25.4 Å². The van der Waals surface area contributed by atoms with Gasteiger partial charge in [0.15, 0.2) is 0 Å². The second-order valence-corrected chi connectivity index (χ2v) is 5.82. The fourth-order valence-electron chi connectivity index (χ4n) is 1.50. The third-order valence-corrected chi connectivity index (χ3v) is 4.13. The van der Waals surface area contributed by atoms with Crippen LogP contribution in [-0.2, 0) is 0 Å². The lowest BCUT2D eigenvalue weighted by Crippen LogP contribution is -2.00. The monoisotopic (exact) mass is 268 g/mol. The van der Waals surface area contributed by atoms with Gasteiger partial charge in [0.1, 0.15) is 5.58 Å². The highest BCUT2D eigenvalue weighted by Crippen LogP contribution is 2.32. The van der Waals surface area contributed by atoms with Crippen molar-refractivity contribution in [1.29, 1.82) is 0 Å². The molecule has 0 aliphatic rings. The Kier molecular flexibility index (Phi) is 3.79. The average Bonchev–Trinajstić information content (AvgIpc) is 2.29. The molecule has 17 heavy (non-hydrogen) atoms. The SMILES string of the molecule is CCC(C)Sc1cc(=O)oc2ccc(Cl)cc12. The summed E-state index contributed by atoms with van der Waals surface area (Å²) in [5, 5.41) is 2.01. The van der Waals surface area contributed by atoms with E-state index >= 15 is 0 Å². The maximum absolute atomic E-state index is 11.4. The highest BCUT2D eigenvalue weighted by atomic mass is 35.5. The van der Waals surface area contributed by atoms with Gasteiger partial charge in [0.05, 0.1) is 0 Å². The summed E-state index contributed by atoms with van der Waals surface area (Å²) in [6.07, 6.45) is 1.05. The molecule has 4 heteroatoms. The molecule has 1 unspecified atom stereocenters. The molecule has 0 bridgehead atoms. The molecule has 0 fully saturated rings. The normalized spacial score (nSPS) is 12.9. The molecule has 1 aromatic carbocycles. The van der Waals surface area contributed by atoms with Crippen molar-refractivity contribution in [3.63, 3.8) is 0 Å². The lowest BCUT2D eigenvalue weighted by atomic mass is 10.2. The van der Waals surface area contributed by atoms with Gasteiger partial charge in [0.25, 0.3) is 0 Å². The molecule has 0 aliphatic carbocycles. The van der Waals surface area contributed by atoms with Crippen molar-refractivity contribution in [2.45, 2.75) is 30.4 Å². The van der Waals surface area contributed by atoms with Gasteiger partial charge in [0.2, 0.25) is 0 Å². The van der Waals surface area contributed by atoms with Crippen molar-refractivity contribution >= 4 is 34.3 Å². The van der Waals surface area contributed by atoms with E-state index < -0.39 is 0 Å². The van der Waals surface area contributed by atoms with Gasteiger partial charge in [-0.05, 0) is 24.6 Å². The topological polar surface area (TPSA) is 30.2 Å². The van der Waals surface area contributed by atoms with E-state index in [1.165, 1.54) is 6.07 Å². The average molecular weight is 269 g/mol. The van der Waals surface area contributed by atoms with Crippen LogP contribution >= 0.6 is 23.4 Å². The summed E-state index contributed by atoms with van der Waals surface area (Å²) in [5.41, 5.74) is 0.276. The van der Waals surface area contributed by atoms with Gasteiger partial charge in [-0.15, -0.1) is 11.8 Å². The Morgan fingerprint density at radius 3 is 2.88 bits per heavy atom. The third kappa shape index (κ3) is 2.85. The number of hydrogen-bond acceptors (Lipinski definition) is 3. The molecule has 90 valence electrons. The molecule has 0 N–H and O–H groups in total. The zero-order valence-electron chi connectivity index (χ0n) is 9.70. The van der Waals surface area contributed by atoms with Crippen LogP contribution in [0.4, 0.5) is 0 Å². The smallest absolute Gasteiger partial charge is 0.337 e. The van der Waals surface area contributed by atoms with Crippen molar-refractivity contribution in [2.24, 2.45) is 0 Å². The van der Waals surface area contributed by atoms with Crippen LogP contribution in [0.15, 0.2) is 38.4 Å².